The fraction of sp³-hybridized carbons (Fsp3) is 0.658. The summed E-state index contributed by atoms with van der Waals surface area (Å²) in [6.45, 7) is 10.6. The highest BCUT2D eigenvalue weighted by molar-refractivity contribution is 5.49. The van der Waals surface area contributed by atoms with E-state index in [9.17, 15) is 0 Å². The van der Waals surface area contributed by atoms with Crippen molar-refractivity contribution in [2.45, 2.75) is 74.4 Å². The molecule has 12 nitrogen and oxygen atoms in total. The molecule has 6 fully saturated rings. The number of aromatic nitrogens is 5. The van der Waals surface area contributed by atoms with E-state index in [0.29, 0.717) is 22.5 Å². The van der Waals surface area contributed by atoms with E-state index in [1.54, 1.807) is 13.4 Å². The van der Waals surface area contributed by atoms with Crippen LogP contribution in [0.3, 0.4) is 0 Å². The summed E-state index contributed by atoms with van der Waals surface area (Å²) in [5.41, 5.74) is 3.63. The van der Waals surface area contributed by atoms with Gasteiger partial charge in [0.25, 0.3) is 0 Å². The van der Waals surface area contributed by atoms with Crippen LogP contribution in [0, 0.1) is 0 Å². The van der Waals surface area contributed by atoms with Gasteiger partial charge in [0, 0.05) is 70.2 Å². The molecule has 0 aromatic carbocycles. The van der Waals surface area contributed by atoms with Gasteiger partial charge in [-0.2, -0.15) is 0 Å². The molecule has 6 aliphatic rings. The smallest absolute Gasteiger partial charge is 0.233 e. The predicted molar refractivity (Wildman–Crippen MR) is 199 cm³/mol. The predicted octanol–water partition coefficient (Wildman–Crippen LogP) is 4.07. The first-order valence-electron chi connectivity index (χ1n) is 18.8. The molecule has 0 saturated carbocycles. The van der Waals surface area contributed by atoms with Crippen LogP contribution in [0.2, 0.25) is 0 Å². The summed E-state index contributed by atoms with van der Waals surface area (Å²) in [6, 6.07) is 8.11. The summed E-state index contributed by atoms with van der Waals surface area (Å²) in [5.74, 6) is 1.54. The van der Waals surface area contributed by atoms with E-state index in [2.05, 4.69) is 81.8 Å². The largest absolute Gasteiger partial charge is 0.480 e. The van der Waals surface area contributed by atoms with Crippen LogP contribution in [-0.2, 0) is 0 Å². The third-order valence-electron chi connectivity index (χ3n) is 12.5. The zero-order valence-electron chi connectivity index (χ0n) is 30.8. The number of hydrogen-bond acceptors (Lipinski definition) is 12. The van der Waals surface area contributed by atoms with Crippen LogP contribution < -0.4 is 19.4 Å². The van der Waals surface area contributed by atoms with Gasteiger partial charge in [0.05, 0.1) is 48.2 Å². The van der Waals surface area contributed by atoms with Gasteiger partial charge >= 0.3 is 0 Å². The van der Waals surface area contributed by atoms with Gasteiger partial charge in [-0.25, -0.2) is 9.97 Å². The van der Waals surface area contributed by atoms with E-state index in [0.717, 1.165) is 25.5 Å². The van der Waals surface area contributed by atoms with Crippen molar-refractivity contribution < 1.29 is 4.74 Å². The molecule has 0 radical (unpaired) electrons. The lowest BCUT2D eigenvalue weighted by Crippen LogP contribution is -2.46. The molecule has 9 rings (SSSR count). The SMILES string of the molecule is CN1CCC2(CCCN2c2cccnc2)C1.CN1CCC2(CCCN2c2cncnc2)C1.COc1ccc(N2CCC3(CCCN3C)C2)nn1. The van der Waals surface area contributed by atoms with Gasteiger partial charge in [0.2, 0.25) is 5.88 Å². The standard InChI is InChI=1S/C13H20N4O.C13H19N3.C12H18N4/c1-16-8-3-6-13(16)7-9-17(10-13)11-4-5-12(18-2)15-14-11;1-15-9-6-13(11-15)5-3-8-16(13)12-4-2-7-14-10-12;1-15-6-4-12(9-15)3-2-5-16(12)11-7-13-10-14-8-11/h4-5H,3,6-10H2,1-2H3;2,4,7,10H,3,5-6,8-9,11H2,1H3;7-8,10H,2-6,9H2,1H3. The molecule has 6 aliphatic heterocycles. The quantitative estimate of drug-likeness (QED) is 0.397. The lowest BCUT2D eigenvalue weighted by molar-refractivity contribution is 0.198. The Morgan fingerprint density at radius 2 is 1.22 bits per heavy atom. The fourth-order valence-electron chi connectivity index (χ4n) is 9.83. The van der Waals surface area contributed by atoms with Crippen molar-refractivity contribution in [2.75, 3.05) is 102 Å². The van der Waals surface area contributed by atoms with E-state index in [1.807, 2.05) is 43.0 Å². The Morgan fingerprint density at radius 3 is 1.76 bits per heavy atom. The Labute approximate surface area is 298 Å². The molecule has 0 bridgehead atoms. The maximum Gasteiger partial charge on any atom is 0.233 e. The number of likely N-dealkylation sites (N-methyl/N-ethyl adjacent to an activating group) is 3. The number of pyridine rings is 1. The van der Waals surface area contributed by atoms with Crippen LogP contribution in [0.1, 0.15) is 57.8 Å². The van der Waals surface area contributed by atoms with E-state index in [-0.39, 0.29) is 0 Å². The Balaban J connectivity index is 0.000000118. The minimum absolute atomic E-state index is 0.361. The summed E-state index contributed by atoms with van der Waals surface area (Å²) in [7, 11) is 8.31. The number of hydrogen-bond donors (Lipinski definition) is 0. The average molecular weight is 684 g/mol. The third-order valence-corrected chi connectivity index (χ3v) is 12.5. The molecule has 3 unspecified atom stereocenters. The van der Waals surface area contributed by atoms with Crippen molar-refractivity contribution >= 4 is 17.2 Å². The van der Waals surface area contributed by atoms with Gasteiger partial charge in [0.1, 0.15) is 6.33 Å². The lowest BCUT2D eigenvalue weighted by atomic mass is 9.95. The molecule has 50 heavy (non-hydrogen) atoms. The molecule has 6 saturated heterocycles. The maximum absolute atomic E-state index is 5.04. The first kappa shape index (κ1) is 34.8. The molecule has 270 valence electrons. The van der Waals surface area contributed by atoms with E-state index in [1.165, 1.54) is 108 Å². The molecular formula is C38H57N11O. The van der Waals surface area contributed by atoms with E-state index in [4.69, 9.17) is 4.74 Å². The van der Waals surface area contributed by atoms with Crippen molar-refractivity contribution in [2.24, 2.45) is 0 Å². The van der Waals surface area contributed by atoms with Gasteiger partial charge in [-0.15, -0.1) is 10.2 Å². The number of anilines is 3. The number of likely N-dealkylation sites (tertiary alicyclic amines) is 3. The highest BCUT2D eigenvalue weighted by atomic mass is 16.5. The van der Waals surface area contributed by atoms with Crippen molar-refractivity contribution in [1.29, 1.82) is 0 Å². The Hall–Kier alpha value is -3.61. The summed E-state index contributed by atoms with van der Waals surface area (Å²) in [5, 5.41) is 8.29. The van der Waals surface area contributed by atoms with Crippen molar-refractivity contribution in [3.63, 3.8) is 0 Å². The zero-order valence-corrected chi connectivity index (χ0v) is 30.8. The van der Waals surface area contributed by atoms with Crippen LogP contribution in [0.15, 0.2) is 55.4 Å². The van der Waals surface area contributed by atoms with Crippen molar-refractivity contribution in [3.05, 3.63) is 55.4 Å². The molecule has 0 aliphatic carbocycles. The topological polar surface area (TPSA) is 93.1 Å². The minimum Gasteiger partial charge on any atom is -0.480 e. The first-order valence-corrected chi connectivity index (χ1v) is 18.8. The molecule has 12 heteroatoms. The Kier molecular flexibility index (Phi) is 10.4. The zero-order chi connectivity index (χ0) is 34.6. The average Bonchev–Trinajstić information content (AvgIpc) is 4.02. The molecule has 0 N–H and O–H groups in total. The first-order chi connectivity index (χ1) is 24.3. The van der Waals surface area contributed by atoms with Gasteiger partial charge < -0.3 is 29.2 Å². The van der Waals surface area contributed by atoms with Gasteiger partial charge in [0.15, 0.2) is 5.82 Å². The molecule has 3 spiro atoms. The van der Waals surface area contributed by atoms with E-state index < -0.39 is 0 Å². The monoisotopic (exact) mass is 683 g/mol. The normalized spacial score (nSPS) is 29.6. The summed E-state index contributed by atoms with van der Waals surface area (Å²) < 4.78 is 5.04. The van der Waals surface area contributed by atoms with Gasteiger partial charge in [-0.3, -0.25) is 9.88 Å². The molecule has 3 atom stereocenters. The van der Waals surface area contributed by atoms with Gasteiger partial charge in [-0.1, -0.05) is 0 Å². The molecule has 3 aromatic rings. The molecular weight excluding hydrogens is 626 g/mol. The number of methoxy groups -OCH3 is 1. The van der Waals surface area contributed by atoms with E-state index >= 15 is 0 Å². The van der Waals surface area contributed by atoms with Crippen LogP contribution in [0.5, 0.6) is 5.88 Å². The Morgan fingerprint density at radius 1 is 0.600 bits per heavy atom. The lowest BCUT2D eigenvalue weighted by Gasteiger charge is -2.36. The number of rotatable bonds is 4. The van der Waals surface area contributed by atoms with Crippen LogP contribution in [0.25, 0.3) is 0 Å². The summed E-state index contributed by atoms with van der Waals surface area (Å²) >= 11 is 0. The van der Waals surface area contributed by atoms with Crippen LogP contribution in [-0.4, -0.2) is 144 Å². The van der Waals surface area contributed by atoms with Crippen LogP contribution in [0.4, 0.5) is 17.2 Å². The summed E-state index contributed by atoms with van der Waals surface area (Å²) in [4.78, 5) is 27.4. The van der Waals surface area contributed by atoms with Crippen molar-refractivity contribution in [1.82, 2.24) is 39.8 Å². The van der Waals surface area contributed by atoms with Crippen molar-refractivity contribution in [3.8, 4) is 5.88 Å². The maximum atomic E-state index is 5.04. The minimum atomic E-state index is 0.361. The number of nitrogens with zero attached hydrogens (tertiary/aromatic N) is 11. The second kappa shape index (κ2) is 14.9. The highest BCUT2D eigenvalue weighted by Crippen LogP contribution is 2.41. The molecule has 3 aromatic heterocycles. The van der Waals surface area contributed by atoms with Gasteiger partial charge in [-0.05, 0) is 104 Å². The second-order valence-corrected chi connectivity index (χ2v) is 15.6. The molecule has 0 amide bonds. The Bertz CT molecular complexity index is 1440. The summed E-state index contributed by atoms with van der Waals surface area (Å²) in [6.07, 6.45) is 21.1. The second-order valence-electron chi connectivity index (χ2n) is 15.6. The third kappa shape index (κ3) is 7.11. The molecule has 9 heterocycles. The highest BCUT2D eigenvalue weighted by Gasteiger charge is 2.47. The fourth-order valence-corrected chi connectivity index (χ4v) is 9.83. The van der Waals surface area contributed by atoms with Crippen LogP contribution >= 0.6 is 0 Å². The number of ether oxygens (including phenoxy) is 1.